The van der Waals surface area contributed by atoms with Crippen LogP contribution in [0, 0.1) is 5.41 Å². The van der Waals surface area contributed by atoms with Gasteiger partial charge in [0.05, 0.1) is 23.7 Å². The summed E-state index contributed by atoms with van der Waals surface area (Å²) in [4.78, 5) is 6.84. The molecule has 0 amide bonds. The molecule has 1 aliphatic rings. The zero-order valence-corrected chi connectivity index (χ0v) is 11.4. The summed E-state index contributed by atoms with van der Waals surface area (Å²) >= 11 is 0. The van der Waals surface area contributed by atoms with E-state index in [-0.39, 0.29) is 11.2 Å². The first-order chi connectivity index (χ1) is 7.68. The van der Waals surface area contributed by atoms with E-state index in [4.69, 9.17) is 5.41 Å². The molecule has 1 aliphatic heterocycles. The quantitative estimate of drug-likeness (QED) is 0.590. The molecule has 0 saturated heterocycles. The van der Waals surface area contributed by atoms with Gasteiger partial charge in [-0.15, -0.1) is 0 Å². The second-order valence-electron chi connectivity index (χ2n) is 5.28. The number of hydrogen-bond donors (Lipinski definition) is 1. The van der Waals surface area contributed by atoms with E-state index >= 15 is 0 Å². The van der Waals surface area contributed by atoms with Crippen LogP contribution in [0.4, 0.5) is 0 Å². The summed E-state index contributed by atoms with van der Waals surface area (Å²) in [5.74, 6) is 0. The van der Waals surface area contributed by atoms with Gasteiger partial charge in [0.2, 0.25) is 0 Å². The average molecular weight is 235 g/mol. The Balaban J connectivity index is 2.88. The van der Waals surface area contributed by atoms with Crippen molar-refractivity contribution in [2.45, 2.75) is 45.8 Å². The number of nitrogens with one attached hydrogen (secondary N) is 1. The Kier molecular flexibility index (Phi) is 3.62. The van der Waals surface area contributed by atoms with Crippen LogP contribution >= 0.6 is 0 Å². The minimum Gasteiger partial charge on any atom is -0.304 e. The van der Waals surface area contributed by atoms with Gasteiger partial charge < -0.3 is 5.41 Å². The molecule has 0 aromatic carbocycles. The molecule has 0 aromatic heterocycles. The first kappa shape index (κ1) is 13.7. The van der Waals surface area contributed by atoms with Gasteiger partial charge in [-0.2, -0.15) is 10.2 Å². The molecule has 0 radical (unpaired) electrons. The van der Waals surface area contributed by atoms with Gasteiger partial charge in [0.25, 0.3) is 0 Å². The predicted octanol–water partition coefficient (Wildman–Crippen LogP) is 1.98. The molecular weight excluding hydrogens is 214 g/mol. The van der Waals surface area contributed by atoms with Crippen LogP contribution in [0.1, 0.15) is 34.6 Å². The Morgan fingerprint density at radius 3 is 2.29 bits per heavy atom. The fourth-order valence-corrected chi connectivity index (χ4v) is 1.76. The van der Waals surface area contributed by atoms with E-state index in [9.17, 15) is 0 Å². The standard InChI is InChI=1S/C12H21N5/c1-9(13)7-14-15-8-10-11(2,3)17(6)12(4,5)16-10/h7-8,13H,1-6H3/b13-9?,14-7+,15-8-. The highest BCUT2D eigenvalue weighted by molar-refractivity contribution is 6.35. The topological polar surface area (TPSA) is 64.2 Å². The molecule has 0 aliphatic carbocycles. The van der Waals surface area contributed by atoms with Gasteiger partial charge in [-0.05, 0) is 41.7 Å². The number of rotatable bonds is 3. The van der Waals surface area contributed by atoms with Gasteiger partial charge in [-0.3, -0.25) is 9.89 Å². The zero-order chi connectivity index (χ0) is 13.3. The van der Waals surface area contributed by atoms with Crippen molar-refractivity contribution >= 4 is 23.9 Å². The largest absolute Gasteiger partial charge is 0.304 e. The number of nitrogens with zero attached hydrogens (tertiary/aromatic N) is 4. The van der Waals surface area contributed by atoms with Crippen LogP contribution in [0.3, 0.4) is 0 Å². The summed E-state index contributed by atoms with van der Waals surface area (Å²) in [5, 5.41) is 14.9. The minimum absolute atomic E-state index is 0.151. The fraction of sp³-hybridized carbons (Fsp3) is 0.667. The lowest BCUT2D eigenvalue weighted by Crippen LogP contribution is -2.49. The summed E-state index contributed by atoms with van der Waals surface area (Å²) < 4.78 is 0. The normalized spacial score (nSPS) is 23.5. The third-order valence-electron chi connectivity index (χ3n) is 3.18. The van der Waals surface area contributed by atoms with Crippen molar-refractivity contribution in [3.8, 4) is 0 Å². The maximum absolute atomic E-state index is 7.19. The van der Waals surface area contributed by atoms with Gasteiger partial charge in [0.15, 0.2) is 0 Å². The zero-order valence-electron chi connectivity index (χ0n) is 11.4. The van der Waals surface area contributed by atoms with Crippen molar-refractivity contribution in [1.82, 2.24) is 4.90 Å². The lowest BCUT2D eigenvalue weighted by molar-refractivity contribution is 0.121. The highest BCUT2D eigenvalue weighted by atomic mass is 15.4. The number of hydrogen-bond acceptors (Lipinski definition) is 5. The smallest absolute Gasteiger partial charge is 0.108 e. The monoisotopic (exact) mass is 235 g/mol. The van der Waals surface area contributed by atoms with Crippen LogP contribution < -0.4 is 0 Å². The molecule has 0 spiro atoms. The van der Waals surface area contributed by atoms with E-state index in [2.05, 4.69) is 54.8 Å². The van der Waals surface area contributed by atoms with Crippen molar-refractivity contribution in [1.29, 1.82) is 5.41 Å². The molecule has 0 unspecified atom stereocenters. The van der Waals surface area contributed by atoms with Crippen LogP contribution in [0.25, 0.3) is 0 Å². The van der Waals surface area contributed by atoms with Crippen molar-refractivity contribution in [2.75, 3.05) is 7.05 Å². The Labute approximate surface area is 103 Å². The van der Waals surface area contributed by atoms with Crippen molar-refractivity contribution in [2.24, 2.45) is 15.2 Å². The van der Waals surface area contributed by atoms with E-state index in [1.54, 1.807) is 13.1 Å². The molecule has 0 atom stereocenters. The van der Waals surface area contributed by atoms with Crippen LogP contribution in [0.2, 0.25) is 0 Å². The summed E-state index contributed by atoms with van der Waals surface area (Å²) in [6.45, 7) is 10.0. The molecule has 5 nitrogen and oxygen atoms in total. The van der Waals surface area contributed by atoms with Gasteiger partial charge in [-0.1, -0.05) is 0 Å². The van der Waals surface area contributed by atoms with Gasteiger partial charge in [0.1, 0.15) is 5.66 Å². The van der Waals surface area contributed by atoms with E-state index < -0.39 is 0 Å². The van der Waals surface area contributed by atoms with Gasteiger partial charge in [0, 0.05) is 5.71 Å². The van der Waals surface area contributed by atoms with Crippen LogP contribution in [-0.2, 0) is 0 Å². The van der Waals surface area contributed by atoms with Crippen molar-refractivity contribution in [3.05, 3.63) is 0 Å². The van der Waals surface area contributed by atoms with E-state index in [0.717, 1.165) is 5.71 Å². The molecular formula is C12H21N5. The maximum atomic E-state index is 7.19. The highest BCUT2D eigenvalue weighted by Crippen LogP contribution is 2.32. The van der Waals surface area contributed by atoms with Crippen molar-refractivity contribution < 1.29 is 0 Å². The first-order valence-electron chi connectivity index (χ1n) is 5.64. The summed E-state index contributed by atoms with van der Waals surface area (Å²) in [6.07, 6.45) is 3.08. The Morgan fingerprint density at radius 2 is 1.88 bits per heavy atom. The van der Waals surface area contributed by atoms with Gasteiger partial charge >= 0.3 is 0 Å². The molecule has 5 heteroatoms. The lowest BCUT2D eigenvalue weighted by Gasteiger charge is -2.35. The SMILES string of the molecule is CC(=N)/C=N/N=C\C1=NC(C)(C)N(C)C1(C)C. The van der Waals surface area contributed by atoms with Crippen LogP contribution in [0.5, 0.6) is 0 Å². The summed E-state index contributed by atoms with van der Waals surface area (Å²) in [5.41, 5.74) is 0.922. The molecule has 1 heterocycles. The van der Waals surface area contributed by atoms with E-state index in [0.29, 0.717) is 5.71 Å². The highest BCUT2D eigenvalue weighted by Gasteiger charge is 2.44. The third kappa shape index (κ3) is 2.85. The maximum Gasteiger partial charge on any atom is 0.108 e. The van der Waals surface area contributed by atoms with E-state index in [1.165, 1.54) is 6.21 Å². The Hall–Kier alpha value is -1.36. The minimum atomic E-state index is -0.216. The fourth-order valence-electron chi connectivity index (χ4n) is 1.76. The molecule has 0 bridgehead atoms. The van der Waals surface area contributed by atoms with Gasteiger partial charge in [-0.25, -0.2) is 0 Å². The summed E-state index contributed by atoms with van der Waals surface area (Å²) in [7, 11) is 2.05. The molecule has 0 aromatic rings. The second kappa shape index (κ2) is 4.49. The molecule has 1 rings (SSSR count). The second-order valence-corrected chi connectivity index (χ2v) is 5.28. The number of aliphatic imine (C=N–C) groups is 1. The molecule has 0 saturated carbocycles. The van der Waals surface area contributed by atoms with Crippen LogP contribution in [0.15, 0.2) is 15.2 Å². The molecule has 17 heavy (non-hydrogen) atoms. The predicted molar refractivity (Wildman–Crippen MR) is 73.7 cm³/mol. The molecule has 94 valence electrons. The van der Waals surface area contributed by atoms with E-state index in [1.807, 2.05) is 0 Å². The van der Waals surface area contributed by atoms with Crippen molar-refractivity contribution in [3.63, 3.8) is 0 Å². The first-order valence-corrected chi connectivity index (χ1v) is 5.64. The third-order valence-corrected chi connectivity index (χ3v) is 3.18. The molecule has 0 fully saturated rings. The lowest BCUT2D eigenvalue weighted by atomic mass is 9.98. The Bertz CT molecular complexity index is 401. The van der Waals surface area contributed by atoms with Crippen LogP contribution in [-0.4, -0.2) is 47.0 Å². The Morgan fingerprint density at radius 1 is 1.29 bits per heavy atom. The molecule has 1 N–H and O–H groups in total. The average Bonchev–Trinajstić information content (AvgIpc) is 2.34. The summed E-state index contributed by atoms with van der Waals surface area (Å²) in [6, 6.07) is 0.